The molecule has 0 spiro atoms. The predicted molar refractivity (Wildman–Crippen MR) is 191 cm³/mol. The molecule has 2 aliphatic rings. The number of benzene rings is 7. The standard InChI is InChI=1S/C42H29BN2/c1-3-13-32(14-4-1)44(33-15-5-2-6-16-33)34-26-23-30(24-27-34)31-25-28-42-38(29-31)36-18-8-11-21-40(36)43-39-20-10-7-17-35(39)37-19-9-12-22-41(37)45(42)43/h1-29H. The van der Waals surface area contributed by atoms with E-state index in [2.05, 4.69) is 186 Å². The molecule has 0 saturated heterocycles. The van der Waals surface area contributed by atoms with E-state index in [4.69, 9.17) is 0 Å². The van der Waals surface area contributed by atoms with E-state index in [1.807, 2.05) is 0 Å². The molecule has 3 heteroatoms. The molecular formula is C42H29BN2. The maximum atomic E-state index is 2.56. The van der Waals surface area contributed by atoms with Gasteiger partial charge in [0.1, 0.15) is 0 Å². The van der Waals surface area contributed by atoms with E-state index in [-0.39, 0.29) is 6.85 Å². The Hall–Kier alpha value is -5.80. The Labute approximate surface area is 264 Å². The lowest BCUT2D eigenvalue weighted by Crippen LogP contribution is -2.59. The van der Waals surface area contributed by atoms with E-state index in [9.17, 15) is 0 Å². The number of rotatable bonds is 4. The van der Waals surface area contributed by atoms with Gasteiger partial charge in [-0.05, 0) is 87.8 Å². The molecule has 0 aliphatic carbocycles. The Balaban J connectivity index is 1.16. The average Bonchev–Trinajstić information content (AvgIpc) is 3.12. The lowest BCUT2D eigenvalue weighted by atomic mass is 9.43. The molecular weight excluding hydrogens is 543 g/mol. The summed E-state index contributed by atoms with van der Waals surface area (Å²) in [6.45, 7) is 0.131. The van der Waals surface area contributed by atoms with Crippen molar-refractivity contribution in [2.24, 2.45) is 0 Å². The Morgan fingerprint density at radius 2 is 0.822 bits per heavy atom. The summed E-state index contributed by atoms with van der Waals surface area (Å²) in [5.41, 5.74) is 16.2. The minimum atomic E-state index is 0.131. The van der Waals surface area contributed by atoms with Crippen molar-refractivity contribution in [3.05, 3.63) is 176 Å². The number of hydrogen-bond donors (Lipinski definition) is 0. The minimum Gasteiger partial charge on any atom is -0.376 e. The zero-order chi connectivity index (χ0) is 29.7. The van der Waals surface area contributed by atoms with Crippen molar-refractivity contribution in [2.75, 3.05) is 9.71 Å². The summed E-state index contributed by atoms with van der Waals surface area (Å²) in [6.07, 6.45) is 0. The van der Waals surface area contributed by atoms with Crippen LogP contribution in [0.5, 0.6) is 0 Å². The molecule has 2 heterocycles. The van der Waals surface area contributed by atoms with E-state index < -0.39 is 0 Å². The van der Waals surface area contributed by atoms with Crippen LogP contribution in [0.4, 0.5) is 28.4 Å². The van der Waals surface area contributed by atoms with Crippen LogP contribution in [-0.2, 0) is 0 Å². The summed E-state index contributed by atoms with van der Waals surface area (Å²) >= 11 is 0. The first-order valence-corrected chi connectivity index (χ1v) is 15.6. The van der Waals surface area contributed by atoms with Crippen molar-refractivity contribution in [1.82, 2.24) is 0 Å². The molecule has 210 valence electrons. The second-order valence-electron chi connectivity index (χ2n) is 11.7. The topological polar surface area (TPSA) is 6.48 Å². The molecule has 7 aromatic carbocycles. The molecule has 0 unspecified atom stereocenters. The first-order valence-electron chi connectivity index (χ1n) is 15.6. The number of nitrogens with zero attached hydrogens (tertiary/aromatic N) is 2. The third-order valence-corrected chi connectivity index (χ3v) is 9.26. The highest BCUT2D eigenvalue weighted by Gasteiger charge is 2.41. The van der Waals surface area contributed by atoms with Crippen molar-refractivity contribution in [3.8, 4) is 33.4 Å². The summed E-state index contributed by atoms with van der Waals surface area (Å²) in [5, 5.41) is 0. The smallest absolute Gasteiger partial charge is 0.329 e. The molecule has 7 aromatic rings. The first-order chi connectivity index (χ1) is 22.3. The van der Waals surface area contributed by atoms with Crippen LogP contribution in [-0.4, -0.2) is 6.85 Å². The minimum absolute atomic E-state index is 0.131. The SMILES string of the molecule is c1ccc(N(c2ccccc2)c2ccc(-c3ccc4c(c3)-c3ccccc3B3c5ccccc5-c5ccccc5N34)cc2)cc1. The molecule has 0 radical (unpaired) electrons. The third kappa shape index (κ3) is 4.12. The van der Waals surface area contributed by atoms with Gasteiger partial charge in [-0.2, -0.15) is 0 Å². The molecule has 45 heavy (non-hydrogen) atoms. The largest absolute Gasteiger partial charge is 0.376 e. The van der Waals surface area contributed by atoms with Crippen LogP contribution >= 0.6 is 0 Å². The maximum Gasteiger partial charge on any atom is 0.329 e. The zero-order valence-corrected chi connectivity index (χ0v) is 24.7. The lowest BCUT2D eigenvalue weighted by molar-refractivity contribution is 1.28. The molecule has 0 atom stereocenters. The monoisotopic (exact) mass is 572 g/mol. The highest BCUT2D eigenvalue weighted by molar-refractivity contribution is 6.92. The molecule has 0 fully saturated rings. The number of hydrogen-bond acceptors (Lipinski definition) is 2. The van der Waals surface area contributed by atoms with Gasteiger partial charge in [0.15, 0.2) is 0 Å². The molecule has 2 nitrogen and oxygen atoms in total. The van der Waals surface area contributed by atoms with Crippen LogP contribution in [0.2, 0.25) is 0 Å². The molecule has 9 rings (SSSR count). The van der Waals surface area contributed by atoms with E-state index in [1.54, 1.807) is 0 Å². The molecule has 2 aliphatic heterocycles. The van der Waals surface area contributed by atoms with E-state index in [0.717, 1.165) is 17.1 Å². The predicted octanol–water partition coefficient (Wildman–Crippen LogP) is 9.73. The van der Waals surface area contributed by atoms with E-state index in [0.29, 0.717) is 0 Å². The van der Waals surface area contributed by atoms with Gasteiger partial charge in [-0.3, -0.25) is 0 Å². The lowest BCUT2D eigenvalue weighted by Gasteiger charge is -2.43. The van der Waals surface area contributed by atoms with E-state index >= 15 is 0 Å². The average molecular weight is 573 g/mol. The molecule has 0 bridgehead atoms. The quantitative estimate of drug-likeness (QED) is 0.194. The van der Waals surface area contributed by atoms with Crippen LogP contribution in [0.1, 0.15) is 0 Å². The van der Waals surface area contributed by atoms with Crippen molar-refractivity contribution in [2.45, 2.75) is 0 Å². The summed E-state index contributed by atoms with van der Waals surface area (Å²) in [7, 11) is 0. The summed E-state index contributed by atoms with van der Waals surface area (Å²) < 4.78 is 0. The van der Waals surface area contributed by atoms with Gasteiger partial charge in [0.25, 0.3) is 0 Å². The third-order valence-electron chi connectivity index (χ3n) is 9.26. The normalized spacial score (nSPS) is 12.4. The Morgan fingerprint density at radius 3 is 1.47 bits per heavy atom. The van der Waals surface area contributed by atoms with Crippen LogP contribution in [0.3, 0.4) is 0 Å². The maximum absolute atomic E-state index is 2.56. The van der Waals surface area contributed by atoms with Crippen molar-refractivity contribution >= 4 is 46.2 Å². The Bertz CT molecular complexity index is 2130. The van der Waals surface area contributed by atoms with Gasteiger partial charge < -0.3 is 9.71 Å². The highest BCUT2D eigenvalue weighted by atomic mass is 15.1. The van der Waals surface area contributed by atoms with Gasteiger partial charge in [-0.1, -0.05) is 121 Å². The fraction of sp³-hybridized carbons (Fsp3) is 0. The van der Waals surface area contributed by atoms with Crippen LogP contribution in [0, 0.1) is 0 Å². The van der Waals surface area contributed by atoms with Crippen molar-refractivity contribution in [1.29, 1.82) is 0 Å². The number of fused-ring (bicyclic) bond motifs is 11. The van der Waals surface area contributed by atoms with Crippen LogP contribution in [0.15, 0.2) is 176 Å². The molecule has 0 amide bonds. The second-order valence-corrected chi connectivity index (χ2v) is 11.7. The molecule has 0 saturated carbocycles. The van der Waals surface area contributed by atoms with Crippen LogP contribution in [0.25, 0.3) is 33.4 Å². The first kappa shape index (κ1) is 25.7. The van der Waals surface area contributed by atoms with Crippen LogP contribution < -0.4 is 20.6 Å². The Morgan fingerprint density at radius 1 is 0.356 bits per heavy atom. The van der Waals surface area contributed by atoms with Gasteiger partial charge in [-0.15, -0.1) is 0 Å². The summed E-state index contributed by atoms with van der Waals surface area (Å²) in [6, 6.07) is 63.8. The van der Waals surface area contributed by atoms with Gasteiger partial charge in [0, 0.05) is 39.6 Å². The van der Waals surface area contributed by atoms with Gasteiger partial charge in [-0.25, -0.2) is 0 Å². The van der Waals surface area contributed by atoms with Gasteiger partial charge >= 0.3 is 6.85 Å². The van der Waals surface area contributed by atoms with Crippen molar-refractivity contribution < 1.29 is 0 Å². The zero-order valence-electron chi connectivity index (χ0n) is 24.7. The fourth-order valence-corrected chi connectivity index (χ4v) is 7.27. The second kappa shape index (κ2) is 10.4. The summed E-state index contributed by atoms with van der Waals surface area (Å²) in [4.78, 5) is 4.86. The number of anilines is 5. The van der Waals surface area contributed by atoms with E-state index in [1.165, 1.54) is 55.7 Å². The molecule has 0 N–H and O–H groups in total. The Kier molecular flexibility index (Phi) is 5.95. The van der Waals surface area contributed by atoms with Gasteiger partial charge in [0.05, 0.1) is 0 Å². The number of para-hydroxylation sites is 3. The molecule has 0 aromatic heterocycles. The fourth-order valence-electron chi connectivity index (χ4n) is 7.27. The van der Waals surface area contributed by atoms with Gasteiger partial charge in [0.2, 0.25) is 0 Å². The van der Waals surface area contributed by atoms with Crippen molar-refractivity contribution in [3.63, 3.8) is 0 Å². The highest BCUT2D eigenvalue weighted by Crippen LogP contribution is 2.47. The summed E-state index contributed by atoms with van der Waals surface area (Å²) in [5.74, 6) is 0.